The number of carbonyl (C=O) groups is 1. The molecule has 0 bridgehead atoms. The minimum absolute atomic E-state index is 0.0941. The summed E-state index contributed by atoms with van der Waals surface area (Å²) in [6.07, 6.45) is 0.521. The van der Waals surface area contributed by atoms with Crippen LogP contribution in [0.4, 0.5) is 5.69 Å². The lowest BCUT2D eigenvalue weighted by molar-refractivity contribution is -0.115. The van der Waals surface area contributed by atoms with Crippen molar-refractivity contribution in [1.82, 2.24) is 5.32 Å². The number of hydrogen-bond acceptors (Lipinski definition) is 2. The van der Waals surface area contributed by atoms with E-state index < -0.39 is 0 Å². The molecule has 0 spiro atoms. The van der Waals surface area contributed by atoms with Crippen molar-refractivity contribution in [1.29, 1.82) is 0 Å². The van der Waals surface area contributed by atoms with Gasteiger partial charge in [0.1, 0.15) is 0 Å². The van der Waals surface area contributed by atoms with Gasteiger partial charge in [0.15, 0.2) is 0 Å². The first kappa shape index (κ1) is 8.26. The Morgan fingerprint density at radius 1 is 1.54 bits per heavy atom. The van der Waals surface area contributed by atoms with Crippen LogP contribution in [0, 0.1) is 0 Å². The number of carbonyl (C=O) groups excluding carboxylic acids is 1. The average Bonchev–Trinajstić information content (AvgIpc) is 2.44. The fourth-order valence-electron chi connectivity index (χ4n) is 1.60. The fourth-order valence-corrected chi connectivity index (χ4v) is 1.60. The summed E-state index contributed by atoms with van der Waals surface area (Å²) in [4.78, 5) is 11.0. The molecule has 13 heavy (non-hydrogen) atoms. The lowest BCUT2D eigenvalue weighted by Crippen LogP contribution is -2.04. The van der Waals surface area contributed by atoms with E-state index in [9.17, 15) is 4.79 Å². The Labute approximate surface area is 77.1 Å². The third kappa shape index (κ3) is 1.55. The second-order valence-corrected chi connectivity index (χ2v) is 3.25. The summed E-state index contributed by atoms with van der Waals surface area (Å²) >= 11 is 0. The third-order valence-electron chi connectivity index (χ3n) is 2.18. The highest BCUT2D eigenvalue weighted by atomic mass is 16.1. The third-order valence-corrected chi connectivity index (χ3v) is 2.18. The molecule has 0 saturated heterocycles. The van der Waals surface area contributed by atoms with Gasteiger partial charge in [-0.15, -0.1) is 0 Å². The van der Waals surface area contributed by atoms with Crippen LogP contribution in [-0.4, -0.2) is 13.0 Å². The summed E-state index contributed by atoms with van der Waals surface area (Å²) in [6, 6.07) is 6.07. The van der Waals surface area contributed by atoms with Crippen LogP contribution in [0.1, 0.15) is 11.1 Å². The molecule has 0 fully saturated rings. The van der Waals surface area contributed by atoms with E-state index in [1.165, 1.54) is 5.56 Å². The van der Waals surface area contributed by atoms with Crippen LogP contribution in [0.3, 0.4) is 0 Å². The van der Waals surface area contributed by atoms with E-state index >= 15 is 0 Å². The van der Waals surface area contributed by atoms with Gasteiger partial charge in [-0.25, -0.2) is 0 Å². The molecule has 2 rings (SSSR count). The van der Waals surface area contributed by atoms with Crippen molar-refractivity contribution < 1.29 is 4.79 Å². The Hall–Kier alpha value is -1.35. The summed E-state index contributed by atoms with van der Waals surface area (Å²) < 4.78 is 0. The molecule has 0 atom stereocenters. The highest BCUT2D eigenvalue weighted by molar-refractivity contribution is 5.99. The highest BCUT2D eigenvalue weighted by Gasteiger charge is 2.16. The van der Waals surface area contributed by atoms with E-state index in [0.29, 0.717) is 6.42 Å². The van der Waals surface area contributed by atoms with Gasteiger partial charge in [0.05, 0.1) is 6.42 Å². The van der Waals surface area contributed by atoms with Gasteiger partial charge in [-0.3, -0.25) is 4.79 Å². The SMILES string of the molecule is CNCc1ccc2c(c1)CC(=O)N2. The van der Waals surface area contributed by atoms with Gasteiger partial charge >= 0.3 is 0 Å². The first-order chi connectivity index (χ1) is 6.29. The number of amides is 1. The van der Waals surface area contributed by atoms with Crippen LogP contribution in [0.5, 0.6) is 0 Å². The van der Waals surface area contributed by atoms with Crippen molar-refractivity contribution in [2.45, 2.75) is 13.0 Å². The smallest absolute Gasteiger partial charge is 0.228 e. The van der Waals surface area contributed by atoms with E-state index in [1.807, 2.05) is 19.2 Å². The van der Waals surface area contributed by atoms with Crippen LogP contribution in [0.15, 0.2) is 18.2 Å². The van der Waals surface area contributed by atoms with Gasteiger partial charge in [0.2, 0.25) is 5.91 Å². The van der Waals surface area contributed by atoms with E-state index in [2.05, 4.69) is 16.7 Å². The van der Waals surface area contributed by atoms with E-state index in [1.54, 1.807) is 0 Å². The maximum atomic E-state index is 11.0. The maximum Gasteiger partial charge on any atom is 0.228 e. The summed E-state index contributed by atoms with van der Waals surface area (Å²) in [6.45, 7) is 0.849. The molecule has 3 heteroatoms. The van der Waals surface area contributed by atoms with Crippen molar-refractivity contribution >= 4 is 11.6 Å². The Bertz CT molecular complexity index is 347. The zero-order valence-electron chi connectivity index (χ0n) is 7.55. The number of anilines is 1. The molecule has 0 aromatic heterocycles. The molecular weight excluding hydrogens is 164 g/mol. The van der Waals surface area contributed by atoms with Gasteiger partial charge < -0.3 is 10.6 Å². The quantitative estimate of drug-likeness (QED) is 0.703. The summed E-state index contributed by atoms with van der Waals surface area (Å²) in [7, 11) is 1.91. The first-order valence-electron chi connectivity index (χ1n) is 4.36. The molecule has 1 heterocycles. The molecule has 0 aliphatic carbocycles. The molecule has 1 aromatic carbocycles. The fraction of sp³-hybridized carbons (Fsp3) is 0.300. The highest BCUT2D eigenvalue weighted by Crippen LogP contribution is 2.23. The molecule has 0 unspecified atom stereocenters. The Kier molecular flexibility index (Phi) is 2.02. The molecule has 68 valence electrons. The summed E-state index contributed by atoms with van der Waals surface area (Å²) in [5, 5.41) is 5.89. The van der Waals surface area contributed by atoms with Gasteiger partial charge in [-0.2, -0.15) is 0 Å². The van der Waals surface area contributed by atoms with Crippen LogP contribution < -0.4 is 10.6 Å². The number of nitrogens with one attached hydrogen (secondary N) is 2. The topological polar surface area (TPSA) is 41.1 Å². The maximum absolute atomic E-state index is 11.0. The zero-order valence-corrected chi connectivity index (χ0v) is 7.55. The van der Waals surface area contributed by atoms with Crippen molar-refractivity contribution in [3.63, 3.8) is 0 Å². The summed E-state index contributed by atoms with van der Waals surface area (Å²) in [5.41, 5.74) is 3.29. The normalized spacial score (nSPS) is 14.1. The molecule has 1 amide bonds. The zero-order chi connectivity index (χ0) is 9.26. The monoisotopic (exact) mass is 176 g/mol. The van der Waals surface area contributed by atoms with E-state index in [4.69, 9.17) is 0 Å². The molecule has 1 aliphatic heterocycles. The van der Waals surface area contributed by atoms with Crippen LogP contribution in [0.25, 0.3) is 0 Å². The molecular formula is C10H12N2O. The number of hydrogen-bond donors (Lipinski definition) is 2. The second kappa shape index (κ2) is 3.18. The van der Waals surface area contributed by atoms with Crippen molar-refractivity contribution in [3.05, 3.63) is 29.3 Å². The molecule has 3 nitrogen and oxygen atoms in total. The van der Waals surface area contributed by atoms with Crippen molar-refractivity contribution in [2.24, 2.45) is 0 Å². The predicted octanol–water partition coefficient (Wildman–Crippen LogP) is 0.901. The van der Waals surface area contributed by atoms with Gasteiger partial charge in [0, 0.05) is 12.2 Å². The van der Waals surface area contributed by atoms with Crippen LogP contribution in [0.2, 0.25) is 0 Å². The lowest BCUT2D eigenvalue weighted by atomic mass is 10.1. The predicted molar refractivity (Wildman–Crippen MR) is 51.5 cm³/mol. The molecule has 0 radical (unpaired) electrons. The van der Waals surface area contributed by atoms with Gasteiger partial charge in [-0.05, 0) is 24.2 Å². The van der Waals surface area contributed by atoms with Crippen LogP contribution in [-0.2, 0) is 17.8 Å². The number of fused-ring (bicyclic) bond motifs is 1. The van der Waals surface area contributed by atoms with E-state index in [0.717, 1.165) is 17.8 Å². The van der Waals surface area contributed by atoms with Crippen molar-refractivity contribution in [3.8, 4) is 0 Å². The molecule has 1 aromatic rings. The number of benzene rings is 1. The second-order valence-electron chi connectivity index (χ2n) is 3.25. The molecule has 0 saturated carbocycles. The first-order valence-corrected chi connectivity index (χ1v) is 4.36. The molecule has 2 N–H and O–H groups in total. The number of rotatable bonds is 2. The largest absolute Gasteiger partial charge is 0.326 e. The lowest BCUT2D eigenvalue weighted by Gasteiger charge is -2.02. The minimum atomic E-state index is 0.0941. The Balaban J connectivity index is 2.29. The Morgan fingerprint density at radius 3 is 3.15 bits per heavy atom. The average molecular weight is 176 g/mol. The standard InChI is InChI=1S/C10H12N2O/c1-11-6-7-2-3-9-8(4-7)5-10(13)12-9/h2-4,11H,5-6H2,1H3,(H,12,13). The van der Waals surface area contributed by atoms with Gasteiger partial charge in [0.25, 0.3) is 0 Å². The Morgan fingerprint density at radius 2 is 2.38 bits per heavy atom. The minimum Gasteiger partial charge on any atom is -0.326 e. The van der Waals surface area contributed by atoms with Gasteiger partial charge in [-0.1, -0.05) is 12.1 Å². The van der Waals surface area contributed by atoms with Crippen molar-refractivity contribution in [2.75, 3.05) is 12.4 Å². The molecule has 1 aliphatic rings. The van der Waals surface area contributed by atoms with E-state index in [-0.39, 0.29) is 5.91 Å². The van der Waals surface area contributed by atoms with Crippen LogP contribution >= 0.6 is 0 Å². The summed E-state index contributed by atoms with van der Waals surface area (Å²) in [5.74, 6) is 0.0941.